The third-order valence-corrected chi connectivity index (χ3v) is 4.18. The molecule has 9 heteroatoms. The molecule has 0 bridgehead atoms. The van der Waals surface area contributed by atoms with E-state index in [9.17, 15) is 21.6 Å². The van der Waals surface area contributed by atoms with Gasteiger partial charge >= 0.3 is 6.18 Å². The lowest BCUT2D eigenvalue weighted by Crippen LogP contribution is -2.25. The van der Waals surface area contributed by atoms with Crippen molar-refractivity contribution in [2.45, 2.75) is 43.9 Å². The Hall–Kier alpha value is -1.06. The van der Waals surface area contributed by atoms with Gasteiger partial charge in [0, 0.05) is 37.9 Å². The Kier molecular flexibility index (Phi) is 5.60. The van der Waals surface area contributed by atoms with Crippen LogP contribution in [0.5, 0.6) is 0 Å². The first-order valence-electron chi connectivity index (χ1n) is 6.15. The molecule has 0 aliphatic carbocycles. The zero-order valence-electron chi connectivity index (χ0n) is 11.1. The van der Waals surface area contributed by atoms with Gasteiger partial charge in [-0.25, -0.2) is 13.1 Å². The number of hydrogen-bond donors (Lipinski definition) is 2. The van der Waals surface area contributed by atoms with Crippen LogP contribution in [0.2, 0.25) is 0 Å². The average Bonchev–Trinajstić information content (AvgIpc) is 2.77. The van der Waals surface area contributed by atoms with E-state index in [1.807, 2.05) is 6.92 Å². The molecule has 0 atom stereocenters. The van der Waals surface area contributed by atoms with Crippen molar-refractivity contribution in [3.63, 3.8) is 0 Å². The molecule has 116 valence electrons. The highest BCUT2D eigenvalue weighted by Crippen LogP contribution is 2.21. The highest BCUT2D eigenvalue weighted by molar-refractivity contribution is 7.89. The first kappa shape index (κ1) is 17.0. The molecule has 20 heavy (non-hydrogen) atoms. The maximum Gasteiger partial charge on any atom is 0.389 e. The van der Waals surface area contributed by atoms with Gasteiger partial charge in [0.2, 0.25) is 10.0 Å². The SMILES string of the molecule is CCn1cc(S(=O)(=O)NCCCC(F)(F)F)cc1CN. The quantitative estimate of drug-likeness (QED) is 0.750. The maximum atomic E-state index is 12.0. The minimum atomic E-state index is -4.27. The van der Waals surface area contributed by atoms with E-state index in [0.717, 1.165) is 0 Å². The minimum Gasteiger partial charge on any atom is -0.349 e. The summed E-state index contributed by atoms with van der Waals surface area (Å²) in [4.78, 5) is 0.0202. The van der Waals surface area contributed by atoms with Crippen LogP contribution < -0.4 is 10.5 Å². The predicted molar refractivity (Wildman–Crippen MR) is 68.5 cm³/mol. The highest BCUT2D eigenvalue weighted by Gasteiger charge is 2.26. The third kappa shape index (κ3) is 4.80. The summed E-state index contributed by atoms with van der Waals surface area (Å²) in [5, 5.41) is 0. The fourth-order valence-electron chi connectivity index (χ4n) is 1.72. The standard InChI is InChI=1S/C11H18F3N3O2S/c1-2-17-8-10(6-9(17)7-15)20(18,19)16-5-3-4-11(12,13)14/h6,8,16H,2-5,7,15H2,1H3. The number of nitrogens with two attached hydrogens (primary N) is 1. The Morgan fingerprint density at radius 1 is 1.40 bits per heavy atom. The summed E-state index contributed by atoms with van der Waals surface area (Å²) in [6, 6.07) is 1.43. The summed E-state index contributed by atoms with van der Waals surface area (Å²) in [5.74, 6) is 0. The van der Waals surface area contributed by atoms with Crippen molar-refractivity contribution < 1.29 is 21.6 Å². The van der Waals surface area contributed by atoms with Gasteiger partial charge in [-0.3, -0.25) is 0 Å². The van der Waals surface area contributed by atoms with Crippen molar-refractivity contribution in [1.82, 2.24) is 9.29 Å². The summed E-state index contributed by atoms with van der Waals surface area (Å²) in [6.45, 7) is 2.34. The van der Waals surface area contributed by atoms with E-state index >= 15 is 0 Å². The van der Waals surface area contributed by atoms with E-state index in [4.69, 9.17) is 5.73 Å². The van der Waals surface area contributed by atoms with Crippen LogP contribution >= 0.6 is 0 Å². The highest BCUT2D eigenvalue weighted by atomic mass is 32.2. The molecule has 0 radical (unpaired) electrons. The zero-order valence-corrected chi connectivity index (χ0v) is 11.9. The van der Waals surface area contributed by atoms with Gasteiger partial charge < -0.3 is 10.3 Å². The molecule has 0 fully saturated rings. The summed E-state index contributed by atoms with van der Waals surface area (Å²) >= 11 is 0. The van der Waals surface area contributed by atoms with Crippen LogP contribution in [0.15, 0.2) is 17.2 Å². The molecule has 0 aliphatic rings. The van der Waals surface area contributed by atoms with Gasteiger partial charge in [0.15, 0.2) is 0 Å². The molecule has 1 heterocycles. The van der Waals surface area contributed by atoms with Crippen LogP contribution in [0.25, 0.3) is 0 Å². The molecule has 3 N–H and O–H groups in total. The largest absolute Gasteiger partial charge is 0.389 e. The van der Waals surface area contributed by atoms with E-state index in [-0.39, 0.29) is 24.4 Å². The van der Waals surface area contributed by atoms with Gasteiger partial charge in [0.05, 0.1) is 4.90 Å². The number of aryl methyl sites for hydroxylation is 1. The van der Waals surface area contributed by atoms with Crippen LogP contribution in [0, 0.1) is 0 Å². The first-order valence-corrected chi connectivity index (χ1v) is 7.63. The lowest BCUT2D eigenvalue weighted by molar-refractivity contribution is -0.135. The first-order chi connectivity index (χ1) is 9.19. The van der Waals surface area contributed by atoms with E-state index in [2.05, 4.69) is 4.72 Å². The topological polar surface area (TPSA) is 77.1 Å². The summed E-state index contributed by atoms with van der Waals surface area (Å²) in [7, 11) is -3.79. The normalized spacial score (nSPS) is 12.8. The lowest BCUT2D eigenvalue weighted by Gasteiger charge is -2.07. The number of aromatic nitrogens is 1. The molecule has 0 saturated heterocycles. The molecule has 0 amide bonds. The van der Waals surface area contributed by atoms with E-state index in [0.29, 0.717) is 12.2 Å². The fourth-order valence-corrected chi connectivity index (χ4v) is 2.85. The van der Waals surface area contributed by atoms with E-state index in [1.165, 1.54) is 12.3 Å². The van der Waals surface area contributed by atoms with Gasteiger partial charge in [-0.05, 0) is 19.4 Å². The number of rotatable bonds is 7. The second kappa shape index (κ2) is 6.59. The molecule has 1 aromatic heterocycles. The summed E-state index contributed by atoms with van der Waals surface area (Å²) < 4.78 is 63.5. The summed E-state index contributed by atoms with van der Waals surface area (Å²) in [5.41, 5.74) is 6.15. The van der Waals surface area contributed by atoms with Crippen molar-refractivity contribution in [3.8, 4) is 0 Å². The molecular formula is C11H18F3N3O2S. The maximum absolute atomic E-state index is 12.0. The molecule has 0 aliphatic heterocycles. The van der Waals surface area contributed by atoms with Crippen LogP contribution in [0.3, 0.4) is 0 Å². The van der Waals surface area contributed by atoms with Crippen LogP contribution in [0.1, 0.15) is 25.5 Å². The van der Waals surface area contributed by atoms with Gasteiger partial charge in [0.1, 0.15) is 0 Å². The number of sulfonamides is 1. The Balaban J connectivity index is 2.67. The average molecular weight is 313 g/mol. The van der Waals surface area contributed by atoms with Crippen LogP contribution in [0.4, 0.5) is 13.2 Å². The van der Waals surface area contributed by atoms with Crippen molar-refractivity contribution >= 4 is 10.0 Å². The Morgan fingerprint density at radius 3 is 2.50 bits per heavy atom. The van der Waals surface area contributed by atoms with Gasteiger partial charge in [0.25, 0.3) is 0 Å². The predicted octanol–water partition coefficient (Wildman–Crippen LogP) is 1.59. The Bertz CT molecular complexity index is 516. The minimum absolute atomic E-state index is 0.0202. The van der Waals surface area contributed by atoms with Crippen molar-refractivity contribution in [1.29, 1.82) is 0 Å². The van der Waals surface area contributed by atoms with Crippen molar-refractivity contribution in [3.05, 3.63) is 18.0 Å². The number of nitrogens with zero attached hydrogens (tertiary/aromatic N) is 1. The molecule has 1 aromatic rings. The number of alkyl halides is 3. The fraction of sp³-hybridized carbons (Fsp3) is 0.636. The molecule has 0 unspecified atom stereocenters. The van der Waals surface area contributed by atoms with Crippen LogP contribution in [-0.2, 0) is 23.1 Å². The lowest BCUT2D eigenvalue weighted by atomic mass is 10.3. The zero-order chi connectivity index (χ0) is 15.4. The third-order valence-electron chi connectivity index (χ3n) is 2.75. The number of halogens is 3. The molecular weight excluding hydrogens is 295 g/mol. The van der Waals surface area contributed by atoms with Gasteiger partial charge in [-0.15, -0.1) is 0 Å². The molecule has 1 rings (SSSR count). The smallest absolute Gasteiger partial charge is 0.349 e. The van der Waals surface area contributed by atoms with Crippen molar-refractivity contribution in [2.24, 2.45) is 5.73 Å². The Labute approximate surface area is 116 Å². The van der Waals surface area contributed by atoms with Crippen LogP contribution in [-0.4, -0.2) is 25.7 Å². The van der Waals surface area contributed by atoms with Crippen molar-refractivity contribution in [2.75, 3.05) is 6.54 Å². The monoisotopic (exact) mass is 313 g/mol. The van der Waals surface area contributed by atoms with Gasteiger partial charge in [-0.1, -0.05) is 0 Å². The van der Waals surface area contributed by atoms with E-state index < -0.39 is 22.6 Å². The van der Waals surface area contributed by atoms with E-state index in [1.54, 1.807) is 4.57 Å². The second-order valence-corrected chi connectivity index (χ2v) is 6.04. The second-order valence-electron chi connectivity index (χ2n) is 4.27. The van der Waals surface area contributed by atoms with Gasteiger partial charge in [-0.2, -0.15) is 13.2 Å². The molecule has 0 saturated carbocycles. The number of nitrogens with one attached hydrogen (secondary N) is 1. The molecule has 0 aromatic carbocycles. The molecule has 0 spiro atoms. The number of hydrogen-bond acceptors (Lipinski definition) is 3. The summed E-state index contributed by atoms with van der Waals surface area (Å²) in [6.07, 6.45) is -4.15. The Morgan fingerprint density at radius 2 is 2.05 bits per heavy atom. The molecule has 5 nitrogen and oxygen atoms in total.